The number of nitrogens with one attached hydrogen (secondary N) is 2. The number of carbonyl (C=O) groups excluding carboxylic acids is 2. The van der Waals surface area contributed by atoms with Gasteiger partial charge in [0.25, 0.3) is 11.8 Å². The summed E-state index contributed by atoms with van der Waals surface area (Å²) >= 11 is 0. The number of aliphatic imine (C=N–C) groups is 1. The zero-order chi connectivity index (χ0) is 16.8. The first-order valence-electron chi connectivity index (χ1n) is 7.97. The zero-order valence-corrected chi connectivity index (χ0v) is 16.7. The van der Waals surface area contributed by atoms with Gasteiger partial charge in [0.2, 0.25) is 0 Å². The molecule has 0 bridgehead atoms. The second kappa shape index (κ2) is 9.61. The van der Waals surface area contributed by atoms with Crippen LogP contribution in [-0.4, -0.2) is 48.9 Å². The molecule has 2 amide bonds. The van der Waals surface area contributed by atoms with E-state index in [0.29, 0.717) is 23.7 Å². The molecule has 1 aliphatic rings. The summed E-state index contributed by atoms with van der Waals surface area (Å²) in [6.07, 6.45) is 1.61. The van der Waals surface area contributed by atoms with Crippen LogP contribution in [0.2, 0.25) is 0 Å². The van der Waals surface area contributed by atoms with Crippen molar-refractivity contribution in [2.75, 3.05) is 20.1 Å². The molecule has 1 aromatic rings. The predicted molar refractivity (Wildman–Crippen MR) is 106 cm³/mol. The molecule has 1 aliphatic heterocycles. The highest BCUT2D eigenvalue weighted by atomic mass is 127. The first-order chi connectivity index (χ1) is 11.0. The molecule has 132 valence electrons. The van der Waals surface area contributed by atoms with Crippen molar-refractivity contribution in [3.8, 4) is 0 Å². The number of benzene rings is 1. The minimum Gasteiger partial charge on any atom is -0.356 e. The van der Waals surface area contributed by atoms with Crippen molar-refractivity contribution >= 4 is 41.8 Å². The number of unbranched alkanes of at least 4 members (excludes halogenated alkanes) is 1. The lowest BCUT2D eigenvalue weighted by Crippen LogP contribution is -2.41. The van der Waals surface area contributed by atoms with Crippen molar-refractivity contribution in [1.29, 1.82) is 0 Å². The normalized spacial score (nSPS) is 13.8. The Hall–Kier alpha value is -1.64. The van der Waals surface area contributed by atoms with Crippen LogP contribution in [0.25, 0.3) is 0 Å². The molecule has 6 nitrogen and oxygen atoms in total. The van der Waals surface area contributed by atoms with Crippen molar-refractivity contribution in [2.45, 2.75) is 32.7 Å². The first kappa shape index (κ1) is 20.4. The Morgan fingerprint density at radius 1 is 1.12 bits per heavy atom. The fraction of sp³-hybridized carbons (Fsp3) is 0.471. The maximum Gasteiger partial charge on any atom is 0.261 e. The van der Waals surface area contributed by atoms with Crippen molar-refractivity contribution < 1.29 is 9.59 Å². The summed E-state index contributed by atoms with van der Waals surface area (Å²) in [4.78, 5) is 29.9. The summed E-state index contributed by atoms with van der Waals surface area (Å²) in [5.41, 5.74) is 1.02. The summed E-state index contributed by atoms with van der Waals surface area (Å²) in [5, 5.41) is 6.42. The van der Waals surface area contributed by atoms with E-state index in [9.17, 15) is 9.59 Å². The minimum absolute atomic E-state index is 0. The van der Waals surface area contributed by atoms with Crippen LogP contribution >= 0.6 is 24.0 Å². The maximum absolute atomic E-state index is 12.2. The molecule has 0 aromatic heterocycles. The van der Waals surface area contributed by atoms with Crippen LogP contribution in [0, 0.1) is 0 Å². The van der Waals surface area contributed by atoms with Crippen LogP contribution in [0.3, 0.4) is 0 Å². The van der Waals surface area contributed by atoms with E-state index < -0.39 is 0 Å². The smallest absolute Gasteiger partial charge is 0.261 e. The molecule has 0 spiro atoms. The number of hydrogen-bond acceptors (Lipinski definition) is 3. The van der Waals surface area contributed by atoms with Gasteiger partial charge < -0.3 is 10.6 Å². The lowest BCUT2D eigenvalue weighted by Gasteiger charge is -2.16. The molecule has 1 heterocycles. The van der Waals surface area contributed by atoms with E-state index >= 15 is 0 Å². The fourth-order valence-corrected chi connectivity index (χ4v) is 2.51. The lowest BCUT2D eigenvalue weighted by molar-refractivity contribution is 0.0652. The monoisotopic (exact) mass is 444 g/mol. The summed E-state index contributed by atoms with van der Waals surface area (Å²) in [7, 11) is 1.73. The van der Waals surface area contributed by atoms with Gasteiger partial charge in [-0.25, -0.2) is 0 Å². The molecular weight excluding hydrogens is 419 g/mol. The molecule has 24 heavy (non-hydrogen) atoms. The SMILES string of the molecule is CN=C(NCCCCN1C(=O)c2ccccc2C1=O)NC(C)C.I. The Kier molecular flexibility index (Phi) is 8.17. The number of nitrogens with zero attached hydrogens (tertiary/aromatic N) is 2. The standard InChI is InChI=1S/C17H24N4O2.HI/c1-12(2)20-17(18-3)19-10-6-7-11-21-15(22)13-8-4-5-9-14(13)16(21)23;/h4-5,8-9,12H,6-7,10-11H2,1-3H3,(H2,18,19,20);1H. The van der Waals surface area contributed by atoms with E-state index in [1.54, 1.807) is 31.3 Å². The third kappa shape index (κ3) is 4.93. The summed E-state index contributed by atoms with van der Waals surface area (Å²) in [6.45, 7) is 5.30. The third-order valence-corrected chi connectivity index (χ3v) is 3.63. The molecule has 0 saturated heterocycles. The highest BCUT2D eigenvalue weighted by Crippen LogP contribution is 2.22. The molecule has 1 aromatic carbocycles. The van der Waals surface area contributed by atoms with Gasteiger partial charge in [0.15, 0.2) is 5.96 Å². The summed E-state index contributed by atoms with van der Waals surface area (Å²) in [6, 6.07) is 7.30. The van der Waals surface area contributed by atoms with Crippen molar-refractivity contribution in [3.05, 3.63) is 35.4 Å². The van der Waals surface area contributed by atoms with Gasteiger partial charge in [-0.2, -0.15) is 0 Å². The number of guanidine groups is 1. The Morgan fingerprint density at radius 2 is 1.71 bits per heavy atom. The highest BCUT2D eigenvalue weighted by molar-refractivity contribution is 14.0. The first-order valence-corrected chi connectivity index (χ1v) is 7.97. The Bertz CT molecular complexity index is 581. The van der Waals surface area contributed by atoms with Crippen LogP contribution in [0.15, 0.2) is 29.3 Å². The number of hydrogen-bond donors (Lipinski definition) is 2. The van der Waals surface area contributed by atoms with Crippen LogP contribution < -0.4 is 10.6 Å². The molecule has 0 radical (unpaired) electrons. The molecule has 0 aliphatic carbocycles. The van der Waals surface area contributed by atoms with Crippen LogP contribution in [0.5, 0.6) is 0 Å². The average Bonchev–Trinajstić information content (AvgIpc) is 2.78. The molecule has 2 N–H and O–H groups in total. The van der Waals surface area contributed by atoms with Gasteiger partial charge in [0.05, 0.1) is 11.1 Å². The van der Waals surface area contributed by atoms with Crippen molar-refractivity contribution in [2.24, 2.45) is 4.99 Å². The molecule has 7 heteroatoms. The van der Waals surface area contributed by atoms with Gasteiger partial charge in [0.1, 0.15) is 0 Å². The van der Waals surface area contributed by atoms with E-state index in [-0.39, 0.29) is 35.8 Å². The van der Waals surface area contributed by atoms with E-state index in [2.05, 4.69) is 29.5 Å². The molecule has 0 fully saturated rings. The number of halogens is 1. The molecule has 0 atom stereocenters. The molecule has 0 saturated carbocycles. The fourth-order valence-electron chi connectivity index (χ4n) is 2.51. The quantitative estimate of drug-likeness (QED) is 0.232. The Morgan fingerprint density at radius 3 is 2.21 bits per heavy atom. The Balaban J connectivity index is 0.00000288. The second-order valence-corrected chi connectivity index (χ2v) is 5.81. The van der Waals surface area contributed by atoms with E-state index in [4.69, 9.17) is 0 Å². The number of rotatable bonds is 6. The van der Waals surface area contributed by atoms with E-state index in [0.717, 1.165) is 25.3 Å². The maximum atomic E-state index is 12.2. The predicted octanol–water partition coefficient (Wildman–Crippen LogP) is 2.25. The average molecular weight is 444 g/mol. The zero-order valence-electron chi connectivity index (χ0n) is 14.3. The summed E-state index contributed by atoms with van der Waals surface area (Å²) in [5.74, 6) is 0.396. The van der Waals surface area contributed by atoms with Crippen LogP contribution in [0.1, 0.15) is 47.4 Å². The second-order valence-electron chi connectivity index (χ2n) is 5.81. The van der Waals surface area contributed by atoms with Crippen LogP contribution in [-0.2, 0) is 0 Å². The Labute approximate surface area is 160 Å². The topological polar surface area (TPSA) is 73.8 Å². The molecule has 2 rings (SSSR count). The highest BCUT2D eigenvalue weighted by Gasteiger charge is 2.34. The lowest BCUT2D eigenvalue weighted by atomic mass is 10.1. The third-order valence-electron chi connectivity index (χ3n) is 3.63. The van der Waals surface area contributed by atoms with Gasteiger partial charge in [-0.05, 0) is 38.8 Å². The van der Waals surface area contributed by atoms with Gasteiger partial charge in [-0.1, -0.05) is 12.1 Å². The molecular formula is C17H25IN4O2. The molecule has 0 unspecified atom stereocenters. The largest absolute Gasteiger partial charge is 0.356 e. The van der Waals surface area contributed by atoms with Gasteiger partial charge >= 0.3 is 0 Å². The van der Waals surface area contributed by atoms with Gasteiger partial charge in [-0.15, -0.1) is 24.0 Å². The van der Waals surface area contributed by atoms with E-state index in [1.165, 1.54) is 4.90 Å². The van der Waals surface area contributed by atoms with Crippen molar-refractivity contribution in [3.63, 3.8) is 0 Å². The number of carbonyl (C=O) groups is 2. The van der Waals surface area contributed by atoms with Crippen LogP contribution in [0.4, 0.5) is 0 Å². The number of fused-ring (bicyclic) bond motifs is 1. The van der Waals surface area contributed by atoms with Gasteiger partial charge in [0, 0.05) is 26.2 Å². The van der Waals surface area contributed by atoms with E-state index in [1.807, 2.05) is 0 Å². The van der Waals surface area contributed by atoms with Gasteiger partial charge in [-0.3, -0.25) is 19.5 Å². The van der Waals surface area contributed by atoms with Crippen molar-refractivity contribution in [1.82, 2.24) is 15.5 Å². The minimum atomic E-state index is -0.184. The number of amides is 2. The summed E-state index contributed by atoms with van der Waals surface area (Å²) < 4.78 is 0. The number of imide groups is 1.